The summed E-state index contributed by atoms with van der Waals surface area (Å²) in [6.07, 6.45) is 9.59. The third-order valence-corrected chi connectivity index (χ3v) is 4.39. The number of unbranched alkanes of at least 4 members (excludes halogenated alkanes) is 1. The number of nitrogens with one attached hydrogen (secondary N) is 2. The molecule has 0 aliphatic heterocycles. The molecule has 5 nitrogen and oxygen atoms in total. The normalized spacial score (nSPS) is 11.9. The molecule has 2 aromatic heterocycles. The van der Waals surface area contributed by atoms with E-state index in [1.807, 2.05) is 25.0 Å². The highest BCUT2D eigenvalue weighted by molar-refractivity contribution is 7.98. The highest BCUT2D eigenvalue weighted by Gasteiger charge is 2.04. The lowest BCUT2D eigenvalue weighted by molar-refractivity contribution is 0.729. The fraction of sp³-hybridized carbons (Fsp3) is 0.529. The van der Waals surface area contributed by atoms with Crippen molar-refractivity contribution in [3.05, 3.63) is 35.8 Å². The van der Waals surface area contributed by atoms with E-state index in [0.717, 1.165) is 36.8 Å². The maximum Gasteiger partial charge on any atom is 0.190 e. The van der Waals surface area contributed by atoms with Crippen molar-refractivity contribution in [1.82, 2.24) is 20.0 Å². The Labute approximate surface area is 143 Å². The number of thioether (sulfide) groups is 1. The SMILES string of the molecule is CN=C(NCCCCSC)NCCc1cn2cccc(C)c2n1. The molecule has 0 saturated heterocycles. The summed E-state index contributed by atoms with van der Waals surface area (Å²) in [6.45, 7) is 3.88. The lowest BCUT2D eigenvalue weighted by Gasteiger charge is -2.11. The predicted molar refractivity (Wildman–Crippen MR) is 101 cm³/mol. The van der Waals surface area contributed by atoms with Gasteiger partial charge in [0.1, 0.15) is 5.65 Å². The number of guanidine groups is 1. The number of imidazole rings is 1. The standard InChI is InChI=1S/C17H27N5S/c1-14-7-6-11-22-13-15(21-16(14)22)8-10-20-17(18-2)19-9-4-5-12-23-3/h6-7,11,13H,4-5,8-10,12H2,1-3H3,(H2,18,19,20). The Morgan fingerprint density at radius 1 is 1.30 bits per heavy atom. The second kappa shape index (κ2) is 9.45. The van der Waals surface area contributed by atoms with Gasteiger partial charge in [-0.2, -0.15) is 11.8 Å². The van der Waals surface area contributed by atoms with Crippen molar-refractivity contribution in [2.45, 2.75) is 26.2 Å². The maximum absolute atomic E-state index is 4.69. The van der Waals surface area contributed by atoms with Crippen LogP contribution < -0.4 is 10.6 Å². The molecule has 0 unspecified atom stereocenters. The fourth-order valence-corrected chi connectivity index (χ4v) is 2.93. The zero-order chi connectivity index (χ0) is 16.5. The first-order valence-electron chi connectivity index (χ1n) is 8.11. The monoisotopic (exact) mass is 333 g/mol. The number of nitrogens with zero attached hydrogens (tertiary/aromatic N) is 3. The largest absolute Gasteiger partial charge is 0.356 e. The van der Waals surface area contributed by atoms with Gasteiger partial charge in [-0.05, 0) is 43.4 Å². The van der Waals surface area contributed by atoms with Crippen molar-refractivity contribution < 1.29 is 0 Å². The smallest absolute Gasteiger partial charge is 0.190 e. The van der Waals surface area contributed by atoms with Crippen molar-refractivity contribution in [2.75, 3.05) is 32.1 Å². The van der Waals surface area contributed by atoms with Crippen LogP contribution in [0, 0.1) is 6.92 Å². The molecule has 0 fully saturated rings. The molecule has 2 heterocycles. The Morgan fingerprint density at radius 2 is 2.13 bits per heavy atom. The second-order valence-electron chi connectivity index (χ2n) is 5.53. The summed E-state index contributed by atoms with van der Waals surface area (Å²) in [5.41, 5.74) is 3.34. The maximum atomic E-state index is 4.69. The van der Waals surface area contributed by atoms with Crippen molar-refractivity contribution >= 4 is 23.4 Å². The summed E-state index contributed by atoms with van der Waals surface area (Å²) in [6, 6.07) is 4.14. The summed E-state index contributed by atoms with van der Waals surface area (Å²) in [5.74, 6) is 2.09. The summed E-state index contributed by atoms with van der Waals surface area (Å²) < 4.78 is 2.09. The summed E-state index contributed by atoms with van der Waals surface area (Å²) in [7, 11) is 1.81. The van der Waals surface area contributed by atoms with Crippen LogP contribution in [0.1, 0.15) is 24.1 Å². The average Bonchev–Trinajstić information content (AvgIpc) is 2.97. The number of fused-ring (bicyclic) bond motifs is 1. The molecule has 0 amide bonds. The van der Waals surface area contributed by atoms with Crippen LogP contribution >= 0.6 is 11.8 Å². The van der Waals surface area contributed by atoms with E-state index in [-0.39, 0.29) is 0 Å². The van der Waals surface area contributed by atoms with Gasteiger partial charge >= 0.3 is 0 Å². The number of rotatable bonds is 8. The molecule has 6 heteroatoms. The fourth-order valence-electron chi connectivity index (χ4n) is 2.43. The average molecular weight is 334 g/mol. The molecule has 2 N–H and O–H groups in total. The number of hydrogen-bond donors (Lipinski definition) is 2. The molecular formula is C17H27N5S. The molecule has 126 valence electrons. The van der Waals surface area contributed by atoms with Gasteiger partial charge in [0, 0.05) is 39.0 Å². The number of aromatic nitrogens is 2. The van der Waals surface area contributed by atoms with Gasteiger partial charge in [0.2, 0.25) is 0 Å². The Kier molecular flexibility index (Phi) is 7.26. The third kappa shape index (κ3) is 5.46. The van der Waals surface area contributed by atoms with Crippen LogP contribution in [0.25, 0.3) is 5.65 Å². The summed E-state index contributed by atoms with van der Waals surface area (Å²) in [4.78, 5) is 8.95. The van der Waals surface area contributed by atoms with E-state index in [1.54, 1.807) is 0 Å². The lowest BCUT2D eigenvalue weighted by atomic mass is 10.3. The van der Waals surface area contributed by atoms with E-state index < -0.39 is 0 Å². The van der Waals surface area contributed by atoms with Gasteiger partial charge in [-0.1, -0.05) is 6.07 Å². The summed E-state index contributed by atoms with van der Waals surface area (Å²) >= 11 is 1.90. The van der Waals surface area contributed by atoms with E-state index in [9.17, 15) is 0 Å². The van der Waals surface area contributed by atoms with Crippen molar-refractivity contribution in [3.8, 4) is 0 Å². The van der Waals surface area contributed by atoms with Gasteiger partial charge in [-0.25, -0.2) is 4.98 Å². The topological polar surface area (TPSA) is 53.7 Å². The van der Waals surface area contributed by atoms with Gasteiger partial charge in [0.15, 0.2) is 5.96 Å². The van der Waals surface area contributed by atoms with Crippen LogP contribution in [0.4, 0.5) is 0 Å². The zero-order valence-corrected chi connectivity index (χ0v) is 15.1. The number of pyridine rings is 1. The minimum Gasteiger partial charge on any atom is -0.356 e. The molecule has 2 rings (SSSR count). The minimum absolute atomic E-state index is 0.827. The third-order valence-electron chi connectivity index (χ3n) is 3.69. The van der Waals surface area contributed by atoms with E-state index in [4.69, 9.17) is 4.98 Å². The number of aliphatic imine (C=N–C) groups is 1. The molecule has 0 aliphatic rings. The van der Waals surface area contributed by atoms with Gasteiger partial charge < -0.3 is 15.0 Å². The molecular weight excluding hydrogens is 306 g/mol. The Balaban J connectivity index is 1.75. The Morgan fingerprint density at radius 3 is 2.87 bits per heavy atom. The van der Waals surface area contributed by atoms with Crippen LogP contribution in [0.5, 0.6) is 0 Å². The molecule has 0 bridgehead atoms. The van der Waals surface area contributed by atoms with Crippen LogP contribution in [-0.2, 0) is 6.42 Å². The van der Waals surface area contributed by atoms with Gasteiger partial charge in [0.05, 0.1) is 5.69 Å². The highest BCUT2D eigenvalue weighted by Crippen LogP contribution is 2.09. The van der Waals surface area contributed by atoms with Crippen LogP contribution in [-0.4, -0.2) is 47.5 Å². The van der Waals surface area contributed by atoms with Crippen LogP contribution in [0.2, 0.25) is 0 Å². The van der Waals surface area contributed by atoms with E-state index in [1.165, 1.54) is 24.2 Å². The van der Waals surface area contributed by atoms with E-state index >= 15 is 0 Å². The van der Waals surface area contributed by atoms with Crippen molar-refractivity contribution in [1.29, 1.82) is 0 Å². The Hall–Kier alpha value is -1.69. The van der Waals surface area contributed by atoms with Crippen LogP contribution in [0.15, 0.2) is 29.5 Å². The molecule has 0 saturated carbocycles. The predicted octanol–water partition coefficient (Wildman–Crippen LogP) is 2.49. The molecule has 0 spiro atoms. The van der Waals surface area contributed by atoms with Crippen molar-refractivity contribution in [2.24, 2.45) is 4.99 Å². The lowest BCUT2D eigenvalue weighted by Crippen LogP contribution is -2.38. The van der Waals surface area contributed by atoms with Gasteiger partial charge in [-0.3, -0.25) is 4.99 Å². The first kappa shape index (κ1) is 17.7. The molecule has 0 aliphatic carbocycles. The molecule has 23 heavy (non-hydrogen) atoms. The second-order valence-corrected chi connectivity index (χ2v) is 6.52. The first-order valence-corrected chi connectivity index (χ1v) is 9.50. The van der Waals surface area contributed by atoms with E-state index in [0.29, 0.717) is 0 Å². The highest BCUT2D eigenvalue weighted by atomic mass is 32.2. The minimum atomic E-state index is 0.827. The van der Waals surface area contributed by atoms with Gasteiger partial charge in [0.25, 0.3) is 0 Å². The Bertz CT molecular complexity index is 635. The summed E-state index contributed by atoms with van der Waals surface area (Å²) in [5, 5.41) is 6.71. The molecule has 2 aromatic rings. The molecule has 0 atom stereocenters. The van der Waals surface area contributed by atoms with Crippen molar-refractivity contribution in [3.63, 3.8) is 0 Å². The van der Waals surface area contributed by atoms with Gasteiger partial charge in [-0.15, -0.1) is 0 Å². The number of hydrogen-bond acceptors (Lipinski definition) is 3. The molecule has 0 aromatic carbocycles. The number of aryl methyl sites for hydroxylation is 1. The molecule has 0 radical (unpaired) electrons. The van der Waals surface area contributed by atoms with Crippen LogP contribution in [0.3, 0.4) is 0 Å². The van der Waals surface area contributed by atoms with E-state index in [2.05, 4.69) is 51.5 Å². The zero-order valence-electron chi connectivity index (χ0n) is 14.3. The quantitative estimate of drug-likeness (QED) is 0.443. The first-order chi connectivity index (χ1) is 11.2.